The maximum atomic E-state index is 10.2. The van der Waals surface area contributed by atoms with Crippen molar-refractivity contribution in [3.63, 3.8) is 0 Å². The molecule has 1 rings (SSSR count). The van der Waals surface area contributed by atoms with Crippen molar-refractivity contribution in [3.05, 3.63) is 22.2 Å². The van der Waals surface area contributed by atoms with E-state index < -0.39 is 12.6 Å². The summed E-state index contributed by atoms with van der Waals surface area (Å²) in [5.41, 5.74) is 0. The van der Waals surface area contributed by atoms with Crippen molar-refractivity contribution in [1.29, 1.82) is 0 Å². The fourth-order valence-electron chi connectivity index (χ4n) is 0.768. The van der Waals surface area contributed by atoms with Crippen LogP contribution in [0, 0.1) is 0 Å². The van der Waals surface area contributed by atoms with Gasteiger partial charge in [0, 0.05) is 12.1 Å². The molecule has 0 saturated heterocycles. The van der Waals surface area contributed by atoms with E-state index in [-0.39, 0.29) is 21.5 Å². The summed E-state index contributed by atoms with van der Waals surface area (Å²) in [6, 6.07) is 2.43. The molecule has 0 radical (unpaired) electrons. The highest BCUT2D eigenvalue weighted by Gasteiger charge is 2.08. The molecule has 0 spiro atoms. The number of carbonyl (C=O) groups is 1. The molecule has 0 unspecified atom stereocenters. The minimum atomic E-state index is -1.12. The number of carboxylic acid groups (broad SMARTS) is 1. The van der Waals surface area contributed by atoms with E-state index in [1.807, 2.05) is 0 Å². The summed E-state index contributed by atoms with van der Waals surface area (Å²) in [5, 5.41) is 17.6. The van der Waals surface area contributed by atoms with Crippen LogP contribution in [0.2, 0.25) is 10.0 Å². The van der Waals surface area contributed by atoms with E-state index in [1.54, 1.807) is 0 Å². The largest absolute Gasteiger partial charge is 0.506 e. The van der Waals surface area contributed by atoms with Crippen LogP contribution in [-0.4, -0.2) is 22.8 Å². The fraction of sp³-hybridized carbons (Fsp3) is 0.125. The monoisotopic (exact) mass is 236 g/mol. The molecule has 0 aliphatic carbocycles. The van der Waals surface area contributed by atoms with Crippen molar-refractivity contribution in [1.82, 2.24) is 0 Å². The quantitative estimate of drug-likeness (QED) is 0.845. The van der Waals surface area contributed by atoms with Gasteiger partial charge in [-0.3, -0.25) is 0 Å². The molecule has 0 aliphatic rings. The number of phenolic OH excluding ortho intramolecular Hbond substituents is 1. The molecule has 0 amide bonds. The van der Waals surface area contributed by atoms with Crippen LogP contribution in [-0.2, 0) is 4.79 Å². The van der Waals surface area contributed by atoms with Gasteiger partial charge in [-0.1, -0.05) is 23.2 Å². The second-order valence-electron chi connectivity index (χ2n) is 2.42. The number of benzene rings is 1. The van der Waals surface area contributed by atoms with Gasteiger partial charge in [0.1, 0.15) is 11.5 Å². The number of carboxylic acids is 1. The second kappa shape index (κ2) is 4.39. The highest BCUT2D eigenvalue weighted by atomic mass is 35.5. The highest BCUT2D eigenvalue weighted by molar-refractivity contribution is 6.35. The van der Waals surface area contributed by atoms with Gasteiger partial charge in [0.25, 0.3) is 0 Å². The first-order valence-corrected chi connectivity index (χ1v) is 4.29. The van der Waals surface area contributed by atoms with Crippen LogP contribution < -0.4 is 4.74 Å². The van der Waals surface area contributed by atoms with Gasteiger partial charge in [0.2, 0.25) is 0 Å². The van der Waals surface area contributed by atoms with E-state index in [9.17, 15) is 4.79 Å². The lowest BCUT2D eigenvalue weighted by Crippen LogP contribution is -2.09. The van der Waals surface area contributed by atoms with Gasteiger partial charge in [0.15, 0.2) is 6.61 Å². The standard InChI is InChI=1S/C8H6Cl2O4/c9-4-2-7(14-3-8(12)13)5(10)1-6(4)11/h1-2,11H,3H2,(H,12,13). The fourth-order valence-corrected chi connectivity index (χ4v) is 1.13. The molecule has 0 fully saturated rings. The molecule has 6 heteroatoms. The molecule has 1 aromatic carbocycles. The molecule has 2 N–H and O–H groups in total. The number of ether oxygens (including phenoxy) is 1. The second-order valence-corrected chi connectivity index (χ2v) is 3.23. The minimum Gasteiger partial charge on any atom is -0.506 e. The van der Waals surface area contributed by atoms with Gasteiger partial charge in [-0.15, -0.1) is 0 Å². The van der Waals surface area contributed by atoms with E-state index in [0.29, 0.717) is 0 Å². The molecule has 76 valence electrons. The van der Waals surface area contributed by atoms with Crippen molar-refractivity contribution in [2.75, 3.05) is 6.61 Å². The van der Waals surface area contributed by atoms with Gasteiger partial charge in [-0.05, 0) is 0 Å². The minimum absolute atomic E-state index is 0.0507. The lowest BCUT2D eigenvalue weighted by atomic mass is 10.3. The molecular formula is C8H6Cl2O4. The smallest absolute Gasteiger partial charge is 0.341 e. The van der Waals surface area contributed by atoms with Crippen molar-refractivity contribution < 1.29 is 19.7 Å². The topological polar surface area (TPSA) is 66.8 Å². The summed E-state index contributed by atoms with van der Waals surface area (Å²) in [4.78, 5) is 10.2. The molecule has 0 heterocycles. The van der Waals surface area contributed by atoms with Crippen LogP contribution in [0.4, 0.5) is 0 Å². The first kappa shape index (κ1) is 10.9. The first-order valence-electron chi connectivity index (χ1n) is 3.53. The van der Waals surface area contributed by atoms with E-state index >= 15 is 0 Å². The zero-order chi connectivity index (χ0) is 10.7. The molecule has 14 heavy (non-hydrogen) atoms. The van der Waals surface area contributed by atoms with Gasteiger partial charge in [-0.25, -0.2) is 4.79 Å². The number of halogens is 2. The van der Waals surface area contributed by atoms with E-state index in [2.05, 4.69) is 0 Å². The summed E-state index contributed by atoms with van der Waals surface area (Å²) in [5.74, 6) is -1.18. The molecule has 1 aromatic rings. The molecule has 0 bridgehead atoms. The third-order valence-corrected chi connectivity index (χ3v) is 1.95. The van der Waals surface area contributed by atoms with Crippen LogP contribution in [0.1, 0.15) is 0 Å². The maximum Gasteiger partial charge on any atom is 0.341 e. The van der Waals surface area contributed by atoms with E-state index in [1.165, 1.54) is 12.1 Å². The molecule has 0 aliphatic heterocycles. The molecule has 0 aromatic heterocycles. The zero-order valence-corrected chi connectivity index (χ0v) is 8.34. The van der Waals surface area contributed by atoms with Crippen LogP contribution >= 0.6 is 23.2 Å². The van der Waals surface area contributed by atoms with E-state index in [4.69, 9.17) is 38.2 Å². The summed E-state index contributed by atoms with van der Waals surface area (Å²) in [7, 11) is 0. The van der Waals surface area contributed by atoms with Crippen molar-refractivity contribution in [2.45, 2.75) is 0 Å². The van der Waals surface area contributed by atoms with Gasteiger partial charge in [0.05, 0.1) is 10.0 Å². The highest BCUT2D eigenvalue weighted by Crippen LogP contribution is 2.34. The Morgan fingerprint density at radius 2 is 2.00 bits per heavy atom. The Hall–Kier alpha value is -1.13. The lowest BCUT2D eigenvalue weighted by Gasteiger charge is -2.06. The molecule has 0 atom stereocenters. The van der Waals surface area contributed by atoms with Crippen molar-refractivity contribution >= 4 is 29.2 Å². The Morgan fingerprint density at radius 1 is 1.36 bits per heavy atom. The summed E-state index contributed by atoms with van der Waals surface area (Å²) < 4.78 is 4.81. The predicted molar refractivity (Wildman–Crippen MR) is 51.3 cm³/mol. The first-order chi connectivity index (χ1) is 6.50. The molecular weight excluding hydrogens is 231 g/mol. The average molecular weight is 237 g/mol. The van der Waals surface area contributed by atoms with Crippen LogP contribution in [0.5, 0.6) is 11.5 Å². The summed E-state index contributed by atoms with van der Waals surface area (Å²) >= 11 is 11.2. The van der Waals surface area contributed by atoms with E-state index in [0.717, 1.165) is 0 Å². The SMILES string of the molecule is O=C(O)COc1cc(Cl)c(O)cc1Cl. The van der Waals surface area contributed by atoms with Crippen molar-refractivity contribution in [3.8, 4) is 11.5 Å². The third-order valence-electron chi connectivity index (χ3n) is 1.35. The van der Waals surface area contributed by atoms with Crippen LogP contribution in [0.25, 0.3) is 0 Å². The third kappa shape index (κ3) is 2.68. The molecule has 0 saturated carbocycles. The Labute approximate surface area is 89.6 Å². The van der Waals surface area contributed by atoms with Crippen LogP contribution in [0.15, 0.2) is 12.1 Å². The number of rotatable bonds is 3. The number of aliphatic carboxylic acids is 1. The van der Waals surface area contributed by atoms with Crippen molar-refractivity contribution in [2.24, 2.45) is 0 Å². The zero-order valence-electron chi connectivity index (χ0n) is 6.83. The maximum absolute atomic E-state index is 10.2. The van der Waals surface area contributed by atoms with Gasteiger partial charge < -0.3 is 14.9 Å². The Balaban J connectivity index is 2.87. The number of phenols is 1. The van der Waals surface area contributed by atoms with Gasteiger partial charge >= 0.3 is 5.97 Å². The number of aromatic hydroxyl groups is 1. The Morgan fingerprint density at radius 3 is 2.57 bits per heavy atom. The normalized spacial score (nSPS) is 9.86. The Kier molecular flexibility index (Phi) is 3.43. The predicted octanol–water partition coefficient (Wildman–Crippen LogP) is 2.16. The average Bonchev–Trinajstić information content (AvgIpc) is 2.09. The molecule has 4 nitrogen and oxygen atoms in total. The Bertz CT molecular complexity index is 365. The van der Waals surface area contributed by atoms with Crippen LogP contribution in [0.3, 0.4) is 0 Å². The summed E-state index contributed by atoms with van der Waals surface area (Å²) in [6.07, 6.45) is 0. The lowest BCUT2D eigenvalue weighted by molar-refractivity contribution is -0.139. The van der Waals surface area contributed by atoms with Gasteiger partial charge in [-0.2, -0.15) is 0 Å². The number of hydrogen-bond donors (Lipinski definition) is 2. The number of hydrogen-bond acceptors (Lipinski definition) is 3. The summed E-state index contributed by atoms with van der Waals surface area (Å²) in [6.45, 7) is -0.513.